The molecule has 1 N–H and O–H groups in total. The van der Waals surface area contributed by atoms with Gasteiger partial charge in [-0.3, -0.25) is 9.36 Å². The maximum atomic E-state index is 14.2. The monoisotopic (exact) mass is 325 g/mol. The Labute approximate surface area is 136 Å². The zero-order valence-electron chi connectivity index (χ0n) is 12.5. The fraction of sp³-hybridized carbons (Fsp3) is 0.111. The van der Waals surface area contributed by atoms with Crippen molar-refractivity contribution >= 4 is 11.7 Å². The van der Waals surface area contributed by atoms with Gasteiger partial charge in [0.25, 0.3) is 0 Å². The van der Waals surface area contributed by atoms with Gasteiger partial charge in [-0.15, -0.1) is 0 Å². The van der Waals surface area contributed by atoms with Crippen LogP contribution >= 0.6 is 0 Å². The second kappa shape index (κ2) is 5.56. The van der Waals surface area contributed by atoms with Gasteiger partial charge in [-0.05, 0) is 35.9 Å². The van der Waals surface area contributed by atoms with Gasteiger partial charge in [0.15, 0.2) is 0 Å². The highest BCUT2D eigenvalue weighted by atomic mass is 19.1. The van der Waals surface area contributed by atoms with Gasteiger partial charge in [-0.25, -0.2) is 13.8 Å². The number of halogens is 2. The third-order valence-corrected chi connectivity index (χ3v) is 4.16. The molecule has 120 valence electrons. The summed E-state index contributed by atoms with van der Waals surface area (Å²) < 4.78 is 28.9. The molecule has 0 bridgehead atoms. The number of anilines is 1. The first-order chi connectivity index (χ1) is 11.6. The smallest absolute Gasteiger partial charge is 0.226 e. The molecular weight excluding hydrogens is 312 g/mol. The largest absolute Gasteiger partial charge is 0.310 e. The molecule has 0 aliphatic carbocycles. The molecule has 4 rings (SSSR count). The van der Waals surface area contributed by atoms with Crippen LogP contribution < -0.4 is 5.32 Å². The van der Waals surface area contributed by atoms with Gasteiger partial charge >= 0.3 is 0 Å². The van der Waals surface area contributed by atoms with Crippen LogP contribution in [0.2, 0.25) is 0 Å². The van der Waals surface area contributed by atoms with E-state index in [-0.39, 0.29) is 24.0 Å². The number of aromatic nitrogens is 2. The quantitative estimate of drug-likeness (QED) is 0.782. The van der Waals surface area contributed by atoms with Crippen LogP contribution in [0.5, 0.6) is 0 Å². The maximum absolute atomic E-state index is 14.2. The van der Waals surface area contributed by atoms with Crippen molar-refractivity contribution in [1.82, 2.24) is 9.55 Å². The van der Waals surface area contributed by atoms with Gasteiger partial charge in [0, 0.05) is 18.0 Å². The minimum atomic E-state index is -0.448. The molecule has 0 fully saturated rings. The molecule has 3 aromatic rings. The molecule has 0 spiro atoms. The molecule has 0 saturated carbocycles. The second-order valence-corrected chi connectivity index (χ2v) is 5.65. The number of fused-ring (bicyclic) bond motifs is 1. The van der Waals surface area contributed by atoms with Gasteiger partial charge in [-0.2, -0.15) is 0 Å². The van der Waals surface area contributed by atoms with E-state index in [1.54, 1.807) is 41.2 Å². The summed E-state index contributed by atoms with van der Waals surface area (Å²) in [5.41, 5.74) is 1.71. The van der Waals surface area contributed by atoms with Crippen LogP contribution in [0.1, 0.15) is 23.6 Å². The number of nitrogens with zero attached hydrogens (tertiary/aromatic N) is 2. The predicted molar refractivity (Wildman–Crippen MR) is 85.0 cm³/mol. The Hall–Kier alpha value is -3.02. The SMILES string of the molecule is O=C1CC(c2ccccc2F)c2ncn(-c3ccc(F)cc3)c2N1. The normalized spacial score (nSPS) is 16.6. The van der Waals surface area contributed by atoms with E-state index in [2.05, 4.69) is 10.3 Å². The molecule has 1 amide bonds. The molecule has 0 saturated heterocycles. The zero-order valence-corrected chi connectivity index (χ0v) is 12.5. The van der Waals surface area contributed by atoms with Crippen molar-refractivity contribution in [2.24, 2.45) is 0 Å². The summed E-state index contributed by atoms with van der Waals surface area (Å²) in [6.45, 7) is 0. The Balaban J connectivity index is 1.83. The number of hydrogen-bond donors (Lipinski definition) is 1. The third kappa shape index (κ3) is 2.36. The van der Waals surface area contributed by atoms with Gasteiger partial charge in [0.05, 0.1) is 5.69 Å². The summed E-state index contributed by atoms with van der Waals surface area (Å²) in [6.07, 6.45) is 1.69. The molecule has 4 nitrogen and oxygen atoms in total. The highest BCUT2D eigenvalue weighted by molar-refractivity contribution is 5.94. The first kappa shape index (κ1) is 14.6. The Morgan fingerprint density at radius 3 is 2.58 bits per heavy atom. The summed E-state index contributed by atoms with van der Waals surface area (Å²) in [5, 5.41) is 2.79. The van der Waals surface area contributed by atoms with Gasteiger partial charge in [0.1, 0.15) is 23.8 Å². The summed E-state index contributed by atoms with van der Waals surface area (Å²) in [4.78, 5) is 16.5. The van der Waals surface area contributed by atoms with E-state index in [1.807, 2.05) is 0 Å². The highest BCUT2D eigenvalue weighted by Crippen LogP contribution is 2.38. The van der Waals surface area contributed by atoms with Crippen LogP contribution in [-0.2, 0) is 4.79 Å². The van der Waals surface area contributed by atoms with E-state index in [0.29, 0.717) is 22.8 Å². The number of nitrogens with one attached hydrogen (secondary N) is 1. The Bertz CT molecular complexity index is 918. The van der Waals surface area contributed by atoms with E-state index < -0.39 is 5.92 Å². The first-order valence-corrected chi connectivity index (χ1v) is 7.51. The number of benzene rings is 2. The topological polar surface area (TPSA) is 46.9 Å². The molecule has 2 heterocycles. The number of rotatable bonds is 2. The molecular formula is C18H13F2N3O. The summed E-state index contributed by atoms with van der Waals surface area (Å²) in [7, 11) is 0. The average Bonchev–Trinajstić information content (AvgIpc) is 2.99. The van der Waals surface area contributed by atoms with Crippen LogP contribution in [0.15, 0.2) is 54.9 Å². The highest BCUT2D eigenvalue weighted by Gasteiger charge is 2.32. The third-order valence-electron chi connectivity index (χ3n) is 4.16. The van der Waals surface area contributed by atoms with Crippen LogP contribution in [0.4, 0.5) is 14.6 Å². The van der Waals surface area contributed by atoms with Crippen LogP contribution in [0, 0.1) is 11.6 Å². The van der Waals surface area contributed by atoms with Gasteiger partial charge in [-0.1, -0.05) is 18.2 Å². The standard InChI is InChI=1S/C18H13F2N3O/c19-11-5-7-12(8-6-11)23-10-21-17-14(9-16(24)22-18(17)23)13-3-1-2-4-15(13)20/h1-8,10,14H,9H2,(H,22,24). The second-order valence-electron chi connectivity index (χ2n) is 5.65. The summed E-state index contributed by atoms with van der Waals surface area (Å²) in [6, 6.07) is 12.2. The predicted octanol–water partition coefficient (Wildman–Crippen LogP) is 3.62. The van der Waals surface area contributed by atoms with Crippen molar-refractivity contribution in [3.05, 3.63) is 77.8 Å². The number of imidazole rings is 1. The lowest BCUT2D eigenvalue weighted by atomic mass is 9.89. The lowest BCUT2D eigenvalue weighted by Crippen LogP contribution is -2.25. The van der Waals surface area contributed by atoms with E-state index in [4.69, 9.17) is 0 Å². The molecule has 2 aromatic carbocycles. The van der Waals surface area contributed by atoms with Crippen LogP contribution in [0.3, 0.4) is 0 Å². The zero-order chi connectivity index (χ0) is 16.7. The molecule has 6 heteroatoms. The van der Waals surface area contributed by atoms with Gasteiger partial charge < -0.3 is 5.32 Å². The molecule has 0 radical (unpaired) electrons. The van der Waals surface area contributed by atoms with Gasteiger partial charge in [0.2, 0.25) is 5.91 Å². The molecule has 1 aliphatic rings. The summed E-state index contributed by atoms with van der Waals surface area (Å²) >= 11 is 0. The van der Waals surface area contributed by atoms with Crippen molar-refractivity contribution in [2.75, 3.05) is 5.32 Å². The van der Waals surface area contributed by atoms with Crippen molar-refractivity contribution in [3.63, 3.8) is 0 Å². The Morgan fingerprint density at radius 1 is 1.08 bits per heavy atom. The molecule has 1 aliphatic heterocycles. The maximum Gasteiger partial charge on any atom is 0.226 e. The lowest BCUT2D eigenvalue weighted by Gasteiger charge is -2.23. The van der Waals surface area contributed by atoms with E-state index in [1.165, 1.54) is 18.2 Å². The fourth-order valence-electron chi connectivity index (χ4n) is 3.02. The van der Waals surface area contributed by atoms with Crippen molar-refractivity contribution in [2.45, 2.75) is 12.3 Å². The number of amides is 1. The number of carbonyl (C=O) groups excluding carboxylic acids is 1. The van der Waals surface area contributed by atoms with Crippen LogP contribution in [0.25, 0.3) is 5.69 Å². The van der Waals surface area contributed by atoms with Crippen LogP contribution in [-0.4, -0.2) is 15.5 Å². The lowest BCUT2D eigenvalue weighted by molar-refractivity contribution is -0.116. The Morgan fingerprint density at radius 2 is 1.83 bits per heavy atom. The number of hydrogen-bond acceptors (Lipinski definition) is 2. The van der Waals surface area contributed by atoms with E-state index in [0.717, 1.165) is 0 Å². The van der Waals surface area contributed by atoms with Crippen molar-refractivity contribution < 1.29 is 13.6 Å². The number of carbonyl (C=O) groups is 1. The fourth-order valence-corrected chi connectivity index (χ4v) is 3.02. The minimum absolute atomic E-state index is 0.133. The van der Waals surface area contributed by atoms with E-state index >= 15 is 0 Å². The minimum Gasteiger partial charge on any atom is -0.310 e. The first-order valence-electron chi connectivity index (χ1n) is 7.51. The van der Waals surface area contributed by atoms with Crippen molar-refractivity contribution in [1.29, 1.82) is 0 Å². The molecule has 1 atom stereocenters. The van der Waals surface area contributed by atoms with E-state index in [9.17, 15) is 13.6 Å². The van der Waals surface area contributed by atoms with Crippen molar-refractivity contribution in [3.8, 4) is 5.69 Å². The molecule has 1 aromatic heterocycles. The Kier molecular flexibility index (Phi) is 3.37. The molecule has 1 unspecified atom stereocenters. The summed E-state index contributed by atoms with van der Waals surface area (Å²) in [5.74, 6) is -0.872. The average molecular weight is 325 g/mol. The molecule has 24 heavy (non-hydrogen) atoms.